The van der Waals surface area contributed by atoms with E-state index in [0.717, 1.165) is 0 Å². The highest BCUT2D eigenvalue weighted by atomic mass is 32.2. The summed E-state index contributed by atoms with van der Waals surface area (Å²) in [7, 11) is 0. The molecule has 0 aromatic carbocycles. The summed E-state index contributed by atoms with van der Waals surface area (Å²) in [5, 5.41) is 0. The molecule has 1 rings (SSSR count). The number of ether oxygens (including phenoxy) is 1. The van der Waals surface area contributed by atoms with Crippen LogP contribution >= 0.6 is 0 Å². The minimum Gasteiger partial charge on any atom is -0.591 e. The van der Waals surface area contributed by atoms with Crippen molar-refractivity contribution in [3.63, 3.8) is 0 Å². The summed E-state index contributed by atoms with van der Waals surface area (Å²) in [6.07, 6.45) is 0.564. The van der Waals surface area contributed by atoms with Crippen molar-refractivity contribution in [1.29, 1.82) is 0 Å². The van der Waals surface area contributed by atoms with E-state index in [1.807, 2.05) is 20.8 Å². The summed E-state index contributed by atoms with van der Waals surface area (Å²) >= 11 is -1.31. The van der Waals surface area contributed by atoms with Crippen molar-refractivity contribution in [2.45, 2.75) is 50.4 Å². The molecule has 0 aliphatic heterocycles. The number of halogens is 2. The summed E-state index contributed by atoms with van der Waals surface area (Å²) in [6.45, 7) is 5.58. The third kappa shape index (κ3) is 4.35. The molecule has 16 heavy (non-hydrogen) atoms. The van der Waals surface area contributed by atoms with Crippen LogP contribution in [0.4, 0.5) is 8.78 Å². The Morgan fingerprint density at radius 3 is 2.50 bits per heavy atom. The van der Waals surface area contributed by atoms with Crippen LogP contribution in [0.15, 0.2) is 4.40 Å². The molecule has 0 aromatic rings. The lowest BCUT2D eigenvalue weighted by atomic mass is 9.91. The van der Waals surface area contributed by atoms with Gasteiger partial charge in [-0.15, -0.1) is 0 Å². The normalized spacial score (nSPS) is 23.4. The van der Waals surface area contributed by atoms with Crippen LogP contribution in [0, 0.1) is 0 Å². The quantitative estimate of drug-likeness (QED) is 0.570. The minimum atomic E-state index is -2.56. The molecule has 0 spiro atoms. The van der Waals surface area contributed by atoms with E-state index in [1.54, 1.807) is 0 Å². The van der Waals surface area contributed by atoms with Crippen LogP contribution in [0.3, 0.4) is 0 Å². The first-order valence-electron chi connectivity index (χ1n) is 5.15. The fourth-order valence-corrected chi connectivity index (χ4v) is 1.67. The van der Waals surface area contributed by atoms with Gasteiger partial charge in [-0.05, 0) is 20.8 Å². The van der Waals surface area contributed by atoms with Crippen LogP contribution in [-0.4, -0.2) is 34.1 Å². The molecular formula is C10H17F2NO2S. The molecule has 0 saturated heterocycles. The highest BCUT2D eigenvalue weighted by molar-refractivity contribution is 7.91. The predicted octanol–water partition coefficient (Wildman–Crippen LogP) is 2.33. The zero-order chi connectivity index (χ0) is 12.4. The zero-order valence-corrected chi connectivity index (χ0v) is 10.5. The maximum atomic E-state index is 12.4. The van der Waals surface area contributed by atoms with Crippen molar-refractivity contribution in [1.82, 2.24) is 0 Å². The molecule has 0 N–H and O–H groups in total. The Labute approximate surface area is 97.6 Å². The molecular weight excluding hydrogens is 236 g/mol. The standard InChI is InChI=1S/C10H17F2NO2S/c1-9(2,3)16(14)13-4-5-15-8-6-10(11,12)7-8/h4,8H,5-7H2,1-3H3. The topological polar surface area (TPSA) is 44.7 Å². The summed E-state index contributed by atoms with van der Waals surface area (Å²) in [6, 6.07) is 0. The third-order valence-electron chi connectivity index (χ3n) is 2.15. The van der Waals surface area contributed by atoms with Crippen LogP contribution in [0.2, 0.25) is 0 Å². The number of rotatable bonds is 4. The van der Waals surface area contributed by atoms with Crippen LogP contribution in [0.1, 0.15) is 33.6 Å². The molecule has 3 nitrogen and oxygen atoms in total. The SMILES string of the molecule is CC(C)(C)[S+]([O-])N=CCOC1CC(F)(F)C1. The fraction of sp³-hybridized carbons (Fsp3) is 0.900. The van der Waals surface area contributed by atoms with E-state index < -0.39 is 22.0 Å². The molecule has 0 radical (unpaired) electrons. The second kappa shape index (κ2) is 4.98. The fourth-order valence-electron chi connectivity index (χ4n) is 1.16. The molecule has 1 unspecified atom stereocenters. The highest BCUT2D eigenvalue weighted by Gasteiger charge is 2.45. The Balaban J connectivity index is 2.15. The molecule has 0 aromatic heterocycles. The molecule has 1 fully saturated rings. The van der Waals surface area contributed by atoms with Crippen molar-refractivity contribution in [3.8, 4) is 0 Å². The van der Waals surface area contributed by atoms with Gasteiger partial charge in [0, 0.05) is 12.8 Å². The van der Waals surface area contributed by atoms with E-state index in [9.17, 15) is 13.3 Å². The average Bonchev–Trinajstić information content (AvgIpc) is 2.06. The van der Waals surface area contributed by atoms with Crippen molar-refractivity contribution in [2.24, 2.45) is 4.40 Å². The van der Waals surface area contributed by atoms with Gasteiger partial charge in [0.05, 0.1) is 18.9 Å². The first kappa shape index (κ1) is 13.9. The van der Waals surface area contributed by atoms with Crippen molar-refractivity contribution in [2.75, 3.05) is 6.61 Å². The van der Waals surface area contributed by atoms with E-state index in [4.69, 9.17) is 4.74 Å². The van der Waals surface area contributed by atoms with Crippen LogP contribution in [0.25, 0.3) is 0 Å². The van der Waals surface area contributed by atoms with Gasteiger partial charge < -0.3 is 9.29 Å². The van der Waals surface area contributed by atoms with Crippen LogP contribution in [0.5, 0.6) is 0 Å². The first-order valence-corrected chi connectivity index (χ1v) is 6.25. The molecule has 0 bridgehead atoms. The van der Waals surface area contributed by atoms with E-state index in [1.165, 1.54) is 6.21 Å². The molecule has 1 aliphatic rings. The Morgan fingerprint density at radius 1 is 1.50 bits per heavy atom. The Hall–Kier alpha value is -0.200. The van der Waals surface area contributed by atoms with E-state index in [0.29, 0.717) is 0 Å². The lowest BCUT2D eigenvalue weighted by molar-refractivity contribution is -0.159. The van der Waals surface area contributed by atoms with Gasteiger partial charge in [0.15, 0.2) is 0 Å². The molecule has 6 heteroatoms. The van der Waals surface area contributed by atoms with E-state index in [2.05, 4.69) is 4.40 Å². The molecule has 1 atom stereocenters. The zero-order valence-electron chi connectivity index (χ0n) is 9.70. The monoisotopic (exact) mass is 253 g/mol. The maximum Gasteiger partial charge on any atom is 0.253 e. The smallest absolute Gasteiger partial charge is 0.253 e. The van der Waals surface area contributed by atoms with Gasteiger partial charge in [0.2, 0.25) is 0 Å². The molecule has 1 saturated carbocycles. The van der Waals surface area contributed by atoms with Crippen molar-refractivity contribution in [3.05, 3.63) is 0 Å². The largest absolute Gasteiger partial charge is 0.591 e. The Bertz CT molecular complexity index is 258. The summed E-state index contributed by atoms with van der Waals surface area (Å²) in [5.74, 6) is -2.56. The predicted molar refractivity (Wildman–Crippen MR) is 60.3 cm³/mol. The minimum absolute atomic E-state index is 0.141. The number of hydrogen-bond acceptors (Lipinski definition) is 3. The van der Waals surface area contributed by atoms with E-state index in [-0.39, 0.29) is 25.6 Å². The first-order chi connectivity index (χ1) is 7.21. The van der Waals surface area contributed by atoms with Gasteiger partial charge in [-0.2, -0.15) is 0 Å². The second-order valence-corrected chi connectivity index (χ2v) is 6.80. The summed E-state index contributed by atoms with van der Waals surface area (Å²) in [5.41, 5.74) is 0. The van der Waals surface area contributed by atoms with Gasteiger partial charge >= 0.3 is 0 Å². The van der Waals surface area contributed by atoms with Gasteiger partial charge in [0.1, 0.15) is 16.1 Å². The lowest BCUT2D eigenvalue weighted by Gasteiger charge is -2.34. The van der Waals surface area contributed by atoms with Gasteiger partial charge in [-0.25, -0.2) is 8.78 Å². The molecule has 1 aliphatic carbocycles. The lowest BCUT2D eigenvalue weighted by Crippen LogP contribution is -2.41. The third-order valence-corrected chi connectivity index (χ3v) is 3.54. The van der Waals surface area contributed by atoms with Crippen LogP contribution < -0.4 is 0 Å². The highest BCUT2D eigenvalue weighted by Crippen LogP contribution is 2.39. The van der Waals surface area contributed by atoms with E-state index >= 15 is 0 Å². The summed E-state index contributed by atoms with van der Waals surface area (Å²) in [4.78, 5) is 0. The number of nitrogens with zero attached hydrogens (tertiary/aromatic N) is 1. The number of alkyl halides is 2. The molecule has 0 amide bonds. The second-order valence-electron chi connectivity index (χ2n) is 4.87. The molecule has 0 heterocycles. The van der Waals surface area contributed by atoms with Gasteiger partial charge in [-0.1, -0.05) is 4.40 Å². The van der Waals surface area contributed by atoms with Gasteiger partial charge in [0.25, 0.3) is 5.92 Å². The van der Waals surface area contributed by atoms with Crippen LogP contribution in [-0.2, 0) is 16.1 Å². The summed E-state index contributed by atoms with van der Waals surface area (Å²) < 4.78 is 44.8. The Kier molecular flexibility index (Phi) is 4.31. The Morgan fingerprint density at radius 2 is 2.06 bits per heavy atom. The molecule has 94 valence electrons. The van der Waals surface area contributed by atoms with Crippen molar-refractivity contribution < 1.29 is 18.1 Å². The van der Waals surface area contributed by atoms with Gasteiger partial charge in [-0.3, -0.25) is 0 Å². The van der Waals surface area contributed by atoms with Crippen molar-refractivity contribution >= 4 is 17.6 Å². The number of hydrogen-bond donors (Lipinski definition) is 0. The average molecular weight is 253 g/mol. The maximum absolute atomic E-state index is 12.4.